The molecule has 0 aromatic heterocycles. The summed E-state index contributed by atoms with van der Waals surface area (Å²) in [6, 6.07) is 0.524. The van der Waals surface area contributed by atoms with E-state index in [2.05, 4.69) is 10.6 Å². The Kier molecular flexibility index (Phi) is 8.77. The average molecular weight is 296 g/mol. The number of carbonyl (C=O) groups excluding carboxylic acids is 3. The van der Waals surface area contributed by atoms with Crippen LogP contribution in [0, 0.1) is 17.2 Å². The molecule has 7 nitrogen and oxygen atoms in total. The summed E-state index contributed by atoms with van der Waals surface area (Å²) in [5.74, 6) is -1.47. The van der Waals surface area contributed by atoms with Crippen LogP contribution in [0.25, 0.3) is 0 Å². The molecular weight excluding hydrogens is 272 g/mol. The van der Waals surface area contributed by atoms with Gasteiger partial charge in [-0.1, -0.05) is 13.8 Å². The van der Waals surface area contributed by atoms with E-state index in [9.17, 15) is 14.4 Å². The first-order valence-corrected chi connectivity index (χ1v) is 7.03. The Hall–Kier alpha value is -2.10. The Morgan fingerprint density at radius 1 is 1.19 bits per heavy atom. The van der Waals surface area contributed by atoms with E-state index in [1.54, 1.807) is 13.8 Å². The van der Waals surface area contributed by atoms with Crippen LogP contribution in [0.3, 0.4) is 0 Å². The number of primary amides is 1. The van der Waals surface area contributed by atoms with Crippen molar-refractivity contribution in [1.29, 1.82) is 5.26 Å². The van der Waals surface area contributed by atoms with E-state index >= 15 is 0 Å². The molecule has 7 heteroatoms. The van der Waals surface area contributed by atoms with Crippen LogP contribution in [0.15, 0.2) is 0 Å². The fourth-order valence-electron chi connectivity index (χ4n) is 1.85. The molecule has 2 atom stereocenters. The maximum Gasteiger partial charge on any atom is 0.243 e. The number of hydrogen-bond donors (Lipinski definition) is 3. The lowest BCUT2D eigenvalue weighted by Gasteiger charge is -2.23. The molecule has 118 valence electrons. The summed E-state index contributed by atoms with van der Waals surface area (Å²) in [7, 11) is 0. The van der Waals surface area contributed by atoms with Crippen molar-refractivity contribution in [2.75, 3.05) is 0 Å². The first kappa shape index (κ1) is 18.9. The third-order valence-electron chi connectivity index (χ3n) is 3.00. The van der Waals surface area contributed by atoms with Gasteiger partial charge in [0, 0.05) is 13.3 Å². The number of hydrogen-bond acceptors (Lipinski definition) is 4. The number of nitriles is 1. The van der Waals surface area contributed by atoms with E-state index in [4.69, 9.17) is 11.0 Å². The predicted molar refractivity (Wildman–Crippen MR) is 77.6 cm³/mol. The monoisotopic (exact) mass is 296 g/mol. The Morgan fingerprint density at radius 3 is 2.24 bits per heavy atom. The SMILES string of the molecule is CC(=O)N[C@@H](C(=O)N[C@H](CCCCC#N)C(N)=O)C(C)C. The molecule has 0 aromatic rings. The number of nitrogens with zero attached hydrogens (tertiary/aromatic N) is 1. The number of nitrogens with two attached hydrogens (primary N) is 1. The maximum atomic E-state index is 12.1. The zero-order chi connectivity index (χ0) is 16.4. The number of carbonyl (C=O) groups is 3. The lowest BCUT2D eigenvalue weighted by atomic mass is 10.0. The second-order valence-electron chi connectivity index (χ2n) is 5.29. The van der Waals surface area contributed by atoms with Gasteiger partial charge in [0.05, 0.1) is 6.07 Å². The maximum absolute atomic E-state index is 12.1. The van der Waals surface area contributed by atoms with Crippen molar-refractivity contribution in [3.8, 4) is 6.07 Å². The van der Waals surface area contributed by atoms with Crippen LogP contribution in [-0.2, 0) is 14.4 Å². The fourth-order valence-corrected chi connectivity index (χ4v) is 1.85. The molecular formula is C14H24N4O3. The van der Waals surface area contributed by atoms with E-state index in [1.807, 2.05) is 6.07 Å². The highest BCUT2D eigenvalue weighted by atomic mass is 16.2. The van der Waals surface area contributed by atoms with E-state index in [1.165, 1.54) is 6.92 Å². The third-order valence-corrected chi connectivity index (χ3v) is 3.00. The zero-order valence-corrected chi connectivity index (χ0v) is 12.8. The number of amides is 3. The van der Waals surface area contributed by atoms with Crippen LogP contribution in [0.1, 0.15) is 46.5 Å². The quantitative estimate of drug-likeness (QED) is 0.525. The summed E-state index contributed by atoms with van der Waals surface area (Å²) in [5, 5.41) is 13.6. The van der Waals surface area contributed by atoms with Crippen molar-refractivity contribution < 1.29 is 14.4 Å². The molecule has 0 heterocycles. The molecule has 21 heavy (non-hydrogen) atoms. The highest BCUT2D eigenvalue weighted by Gasteiger charge is 2.26. The smallest absolute Gasteiger partial charge is 0.243 e. The fraction of sp³-hybridized carbons (Fsp3) is 0.714. The van der Waals surface area contributed by atoms with Crippen molar-refractivity contribution >= 4 is 17.7 Å². The highest BCUT2D eigenvalue weighted by Crippen LogP contribution is 2.06. The Balaban J connectivity index is 4.60. The summed E-state index contributed by atoms with van der Waals surface area (Å²) in [4.78, 5) is 34.6. The van der Waals surface area contributed by atoms with Gasteiger partial charge in [0.25, 0.3) is 0 Å². The minimum atomic E-state index is -0.786. The molecule has 0 aromatic carbocycles. The van der Waals surface area contributed by atoms with Crippen LogP contribution in [-0.4, -0.2) is 29.8 Å². The van der Waals surface area contributed by atoms with Crippen LogP contribution in [0.4, 0.5) is 0 Å². The third kappa shape index (κ3) is 7.92. The van der Waals surface area contributed by atoms with Crippen LogP contribution >= 0.6 is 0 Å². The van der Waals surface area contributed by atoms with Crippen molar-refractivity contribution in [3.63, 3.8) is 0 Å². The highest BCUT2D eigenvalue weighted by molar-refractivity contribution is 5.91. The molecule has 0 spiro atoms. The second kappa shape index (κ2) is 9.75. The first-order chi connectivity index (χ1) is 9.79. The first-order valence-electron chi connectivity index (χ1n) is 7.03. The van der Waals surface area contributed by atoms with Crippen LogP contribution in [0.5, 0.6) is 0 Å². The van der Waals surface area contributed by atoms with Crippen molar-refractivity contribution in [1.82, 2.24) is 10.6 Å². The standard InChI is InChI=1S/C14H24N4O3/c1-9(2)12(17-10(3)19)14(21)18-11(13(16)20)7-5-4-6-8-15/h9,11-12H,4-7H2,1-3H3,(H2,16,20)(H,17,19)(H,18,21)/t11-,12-/m1/s1. The summed E-state index contributed by atoms with van der Waals surface area (Å²) in [5.41, 5.74) is 5.27. The van der Waals surface area contributed by atoms with Gasteiger partial charge in [-0.25, -0.2) is 0 Å². The zero-order valence-electron chi connectivity index (χ0n) is 12.8. The predicted octanol–water partition coefficient (Wildman–Crippen LogP) is 0.201. The molecule has 0 unspecified atom stereocenters. The summed E-state index contributed by atoms with van der Waals surface area (Å²) < 4.78 is 0. The average Bonchev–Trinajstić information content (AvgIpc) is 2.38. The molecule has 4 N–H and O–H groups in total. The molecule has 0 aliphatic carbocycles. The Labute approximate surface area is 125 Å². The molecule has 0 radical (unpaired) electrons. The number of unbranched alkanes of at least 4 members (excludes halogenated alkanes) is 2. The molecule has 0 saturated heterocycles. The largest absolute Gasteiger partial charge is 0.368 e. The number of nitrogens with one attached hydrogen (secondary N) is 2. The van der Waals surface area contributed by atoms with E-state index in [0.717, 1.165) is 0 Å². The molecule has 3 amide bonds. The summed E-state index contributed by atoms with van der Waals surface area (Å²) in [6.07, 6.45) is 2.05. The van der Waals surface area contributed by atoms with Gasteiger partial charge in [0.15, 0.2) is 0 Å². The molecule has 0 aliphatic heterocycles. The Morgan fingerprint density at radius 2 is 1.81 bits per heavy atom. The Bertz CT molecular complexity index is 415. The molecule has 0 bridgehead atoms. The number of rotatable bonds is 9. The van der Waals surface area contributed by atoms with Gasteiger partial charge in [-0.15, -0.1) is 0 Å². The molecule has 0 aliphatic rings. The molecule has 0 saturated carbocycles. The molecule has 0 rings (SSSR count). The topological polar surface area (TPSA) is 125 Å². The minimum Gasteiger partial charge on any atom is -0.368 e. The van der Waals surface area contributed by atoms with E-state index in [-0.39, 0.29) is 11.8 Å². The van der Waals surface area contributed by atoms with E-state index < -0.39 is 23.9 Å². The van der Waals surface area contributed by atoms with Gasteiger partial charge in [0.1, 0.15) is 12.1 Å². The van der Waals surface area contributed by atoms with Gasteiger partial charge < -0.3 is 16.4 Å². The lowest BCUT2D eigenvalue weighted by molar-refractivity contribution is -0.131. The van der Waals surface area contributed by atoms with Crippen molar-refractivity contribution in [2.45, 2.75) is 58.5 Å². The molecule has 0 fully saturated rings. The van der Waals surface area contributed by atoms with Crippen LogP contribution in [0.2, 0.25) is 0 Å². The van der Waals surface area contributed by atoms with Crippen LogP contribution < -0.4 is 16.4 Å². The van der Waals surface area contributed by atoms with E-state index in [0.29, 0.717) is 25.7 Å². The minimum absolute atomic E-state index is 0.110. The van der Waals surface area contributed by atoms with Gasteiger partial charge in [-0.05, 0) is 25.2 Å². The van der Waals surface area contributed by atoms with Gasteiger partial charge in [0.2, 0.25) is 17.7 Å². The van der Waals surface area contributed by atoms with Crippen molar-refractivity contribution in [2.24, 2.45) is 11.7 Å². The van der Waals surface area contributed by atoms with Gasteiger partial charge >= 0.3 is 0 Å². The second-order valence-corrected chi connectivity index (χ2v) is 5.29. The summed E-state index contributed by atoms with van der Waals surface area (Å²) in [6.45, 7) is 4.93. The lowest BCUT2D eigenvalue weighted by Crippen LogP contribution is -2.54. The van der Waals surface area contributed by atoms with Crippen molar-refractivity contribution in [3.05, 3.63) is 0 Å². The van der Waals surface area contributed by atoms with Gasteiger partial charge in [-0.3, -0.25) is 14.4 Å². The summed E-state index contributed by atoms with van der Waals surface area (Å²) >= 11 is 0. The van der Waals surface area contributed by atoms with Gasteiger partial charge in [-0.2, -0.15) is 5.26 Å². The normalized spacial score (nSPS) is 13.1.